The Morgan fingerprint density at radius 3 is 2.60 bits per heavy atom. The van der Waals surface area contributed by atoms with Gasteiger partial charge in [0.05, 0.1) is 41.8 Å². The number of amides is 1. The van der Waals surface area contributed by atoms with Crippen molar-refractivity contribution in [3.05, 3.63) is 81.5 Å². The van der Waals surface area contributed by atoms with E-state index in [-0.39, 0.29) is 17.3 Å². The van der Waals surface area contributed by atoms with Gasteiger partial charge in [-0.1, -0.05) is 18.2 Å². The van der Waals surface area contributed by atoms with E-state index in [1.165, 1.54) is 12.1 Å². The minimum atomic E-state index is -4.93. The van der Waals surface area contributed by atoms with Crippen molar-refractivity contribution in [3.8, 4) is 11.1 Å². The van der Waals surface area contributed by atoms with Crippen LogP contribution in [-0.4, -0.2) is 79.7 Å². The third kappa shape index (κ3) is 6.35. The molecule has 42 heavy (non-hydrogen) atoms. The highest BCUT2D eigenvalue weighted by Crippen LogP contribution is 2.37. The number of likely N-dealkylation sites (N-methyl/N-ethyl adjacent to an activating group) is 2. The molecule has 3 heterocycles. The van der Waals surface area contributed by atoms with Crippen molar-refractivity contribution >= 4 is 17.3 Å². The number of H-pyrrole nitrogens is 1. The van der Waals surface area contributed by atoms with E-state index >= 15 is 4.39 Å². The zero-order valence-electron chi connectivity index (χ0n) is 23.6. The van der Waals surface area contributed by atoms with Crippen LogP contribution in [0.2, 0.25) is 0 Å². The minimum Gasteiger partial charge on any atom is -0.378 e. The largest absolute Gasteiger partial charge is 0.417 e. The molecule has 1 aromatic heterocycles. The Hall–Kier alpha value is -3.74. The molecule has 3 aromatic rings. The van der Waals surface area contributed by atoms with Crippen LogP contribution in [0.3, 0.4) is 0 Å². The SMILES string of the molecule is C[C@H]1CN(c2cc(F)c(-c3cccc(CN(C)C4COC4)c3)cc2NC(=O)c2c[nH]c(=O)cc2C(F)(F)F)CCN1C. The first-order valence-electron chi connectivity index (χ1n) is 13.7. The molecular formula is C30H33F4N5O3. The summed E-state index contributed by atoms with van der Waals surface area (Å²) >= 11 is 0. The highest BCUT2D eigenvalue weighted by atomic mass is 19.4. The van der Waals surface area contributed by atoms with Gasteiger partial charge in [0, 0.05) is 50.0 Å². The van der Waals surface area contributed by atoms with Crippen LogP contribution in [0, 0.1) is 5.82 Å². The zero-order valence-corrected chi connectivity index (χ0v) is 23.6. The number of carbonyl (C=O) groups is 1. The minimum absolute atomic E-state index is 0.121. The number of aromatic amines is 1. The molecule has 2 aliphatic heterocycles. The van der Waals surface area contributed by atoms with E-state index in [1.807, 2.05) is 44.1 Å². The molecule has 2 aromatic carbocycles. The molecule has 2 aliphatic rings. The predicted molar refractivity (Wildman–Crippen MR) is 152 cm³/mol. The maximum absolute atomic E-state index is 15.8. The molecule has 1 amide bonds. The van der Waals surface area contributed by atoms with E-state index in [9.17, 15) is 22.8 Å². The van der Waals surface area contributed by atoms with Gasteiger partial charge in [0.1, 0.15) is 5.82 Å². The molecule has 8 nitrogen and oxygen atoms in total. The molecule has 0 spiro atoms. The Bertz CT molecular complexity index is 1520. The predicted octanol–water partition coefficient (Wildman–Crippen LogP) is 4.42. The summed E-state index contributed by atoms with van der Waals surface area (Å²) in [5.74, 6) is -1.59. The second-order valence-electron chi connectivity index (χ2n) is 11.0. The summed E-state index contributed by atoms with van der Waals surface area (Å²) in [6, 6.07) is 10.9. The van der Waals surface area contributed by atoms with Crippen molar-refractivity contribution in [2.24, 2.45) is 0 Å². The fourth-order valence-electron chi connectivity index (χ4n) is 5.23. The number of alkyl halides is 3. The first kappa shape index (κ1) is 29.7. The molecule has 5 rings (SSSR count). The van der Waals surface area contributed by atoms with Gasteiger partial charge >= 0.3 is 6.18 Å². The van der Waals surface area contributed by atoms with Crippen LogP contribution in [-0.2, 0) is 17.5 Å². The molecule has 224 valence electrons. The van der Waals surface area contributed by atoms with Gasteiger partial charge in [0.15, 0.2) is 0 Å². The molecular weight excluding hydrogens is 554 g/mol. The Labute approximate surface area is 240 Å². The number of nitrogens with zero attached hydrogens (tertiary/aromatic N) is 3. The molecule has 12 heteroatoms. The first-order chi connectivity index (χ1) is 19.9. The second kappa shape index (κ2) is 11.9. The lowest BCUT2D eigenvalue weighted by Gasteiger charge is -2.39. The van der Waals surface area contributed by atoms with Crippen molar-refractivity contribution in [3.63, 3.8) is 0 Å². The Kier molecular flexibility index (Phi) is 8.40. The lowest BCUT2D eigenvalue weighted by atomic mass is 9.99. The number of piperazine rings is 1. The van der Waals surface area contributed by atoms with Gasteiger partial charge in [-0.25, -0.2) is 4.39 Å². The highest BCUT2D eigenvalue weighted by Gasteiger charge is 2.36. The maximum atomic E-state index is 15.8. The van der Waals surface area contributed by atoms with Gasteiger partial charge < -0.3 is 24.8 Å². The van der Waals surface area contributed by atoms with Crippen molar-refractivity contribution in [1.82, 2.24) is 14.8 Å². The van der Waals surface area contributed by atoms with E-state index in [1.54, 1.807) is 6.07 Å². The van der Waals surface area contributed by atoms with E-state index in [0.717, 1.165) is 11.8 Å². The van der Waals surface area contributed by atoms with Crippen LogP contribution < -0.4 is 15.8 Å². The lowest BCUT2D eigenvalue weighted by molar-refractivity contribution is -0.138. The van der Waals surface area contributed by atoms with Crippen LogP contribution in [0.25, 0.3) is 11.1 Å². The van der Waals surface area contributed by atoms with Crippen LogP contribution in [0.1, 0.15) is 28.4 Å². The van der Waals surface area contributed by atoms with Crippen molar-refractivity contribution in [1.29, 1.82) is 0 Å². The molecule has 0 unspecified atom stereocenters. The molecule has 2 N–H and O–H groups in total. The average molecular weight is 588 g/mol. The lowest BCUT2D eigenvalue weighted by Crippen LogP contribution is -2.50. The standard InChI is InChI=1S/C30H33F4N5O3/c1-18-14-39(8-7-37(18)2)27-12-25(31)22(20-6-4-5-19(9-20)15-38(3)21-16-42-17-21)10-26(27)36-29(41)23-13-35-28(40)11-24(23)30(32,33)34/h4-6,9-13,18,21H,7-8,14-17H2,1-3H3,(H,35,40)(H,36,41)/t18-/m0/s1. The third-order valence-electron chi connectivity index (χ3n) is 8.02. The summed E-state index contributed by atoms with van der Waals surface area (Å²) in [5.41, 5.74) is -0.824. The fraction of sp³-hybridized carbons (Fsp3) is 0.400. The zero-order chi connectivity index (χ0) is 30.2. The van der Waals surface area contributed by atoms with Crippen LogP contribution in [0.4, 0.5) is 28.9 Å². The molecule has 0 bridgehead atoms. The summed E-state index contributed by atoms with van der Waals surface area (Å²) < 4.78 is 62.2. The van der Waals surface area contributed by atoms with Crippen molar-refractivity contribution in [2.75, 3.05) is 57.2 Å². The smallest absolute Gasteiger partial charge is 0.378 e. The van der Waals surface area contributed by atoms with Gasteiger partial charge in [-0.15, -0.1) is 0 Å². The molecule has 0 aliphatic carbocycles. The topological polar surface area (TPSA) is 80.9 Å². The number of carbonyl (C=O) groups excluding carboxylic acids is 1. The van der Waals surface area contributed by atoms with E-state index in [0.29, 0.717) is 62.8 Å². The number of aromatic nitrogens is 1. The van der Waals surface area contributed by atoms with Crippen LogP contribution in [0.5, 0.6) is 0 Å². The van der Waals surface area contributed by atoms with Gasteiger partial charge in [-0.2, -0.15) is 13.2 Å². The van der Waals surface area contributed by atoms with E-state index in [4.69, 9.17) is 4.74 Å². The fourth-order valence-corrected chi connectivity index (χ4v) is 5.23. The number of hydrogen-bond donors (Lipinski definition) is 2. The Balaban J connectivity index is 1.53. The Morgan fingerprint density at radius 1 is 1.17 bits per heavy atom. The average Bonchev–Trinajstić information content (AvgIpc) is 2.89. The number of anilines is 2. The molecule has 0 saturated carbocycles. The molecule has 2 fully saturated rings. The summed E-state index contributed by atoms with van der Waals surface area (Å²) in [4.78, 5) is 33.3. The number of ether oxygens (including phenoxy) is 1. The van der Waals surface area contributed by atoms with Crippen LogP contribution >= 0.6 is 0 Å². The quantitative estimate of drug-likeness (QED) is 0.399. The van der Waals surface area contributed by atoms with Gasteiger partial charge in [0.25, 0.3) is 5.91 Å². The van der Waals surface area contributed by atoms with Gasteiger partial charge in [-0.3, -0.25) is 14.5 Å². The normalized spacial score (nSPS) is 18.3. The maximum Gasteiger partial charge on any atom is 0.417 e. The van der Waals surface area contributed by atoms with E-state index < -0.39 is 34.6 Å². The van der Waals surface area contributed by atoms with E-state index in [2.05, 4.69) is 20.1 Å². The van der Waals surface area contributed by atoms with Crippen molar-refractivity contribution in [2.45, 2.75) is 31.7 Å². The Morgan fingerprint density at radius 2 is 1.93 bits per heavy atom. The second-order valence-corrected chi connectivity index (χ2v) is 11.0. The number of nitrogens with one attached hydrogen (secondary N) is 2. The first-order valence-corrected chi connectivity index (χ1v) is 13.7. The summed E-state index contributed by atoms with van der Waals surface area (Å²) in [6.07, 6.45) is -4.18. The number of hydrogen-bond acceptors (Lipinski definition) is 6. The summed E-state index contributed by atoms with van der Waals surface area (Å²) in [7, 11) is 3.97. The summed E-state index contributed by atoms with van der Waals surface area (Å²) in [6.45, 7) is 5.69. The summed E-state index contributed by atoms with van der Waals surface area (Å²) in [5, 5.41) is 2.59. The third-order valence-corrected chi connectivity index (χ3v) is 8.02. The van der Waals surface area contributed by atoms with Gasteiger partial charge in [0.2, 0.25) is 5.56 Å². The van der Waals surface area contributed by atoms with Gasteiger partial charge in [-0.05, 0) is 50.3 Å². The van der Waals surface area contributed by atoms with Crippen LogP contribution in [0.15, 0.2) is 53.5 Å². The molecule has 2 saturated heterocycles. The number of pyridine rings is 1. The molecule has 0 radical (unpaired) electrons. The monoisotopic (exact) mass is 587 g/mol. The highest BCUT2D eigenvalue weighted by molar-refractivity contribution is 6.07. The molecule has 1 atom stereocenters. The van der Waals surface area contributed by atoms with Crippen molar-refractivity contribution < 1.29 is 27.1 Å². The number of benzene rings is 2. The number of rotatable bonds is 7. The number of halogens is 4.